The maximum Gasteiger partial charge on any atom is 0.151 e. The van der Waals surface area contributed by atoms with Crippen LogP contribution in [0.25, 0.3) is 11.0 Å². The number of fused-ring (bicyclic) bond motifs is 1. The number of rotatable bonds is 7. The van der Waals surface area contributed by atoms with Crippen molar-refractivity contribution in [1.82, 2.24) is 14.5 Å². The molecule has 2 aromatic rings. The fraction of sp³-hybridized carbons (Fsp3) is 0.625. The van der Waals surface area contributed by atoms with Gasteiger partial charge in [-0.05, 0) is 32.3 Å². The van der Waals surface area contributed by atoms with E-state index >= 15 is 0 Å². The lowest BCUT2D eigenvalue weighted by Gasteiger charge is -2.11. The Morgan fingerprint density at radius 1 is 1.23 bits per heavy atom. The average Bonchev–Trinajstić information content (AvgIpc) is 2.82. The molecule has 1 atom stereocenters. The van der Waals surface area contributed by atoms with Crippen LogP contribution in [0.3, 0.4) is 0 Å². The number of nitrogens with zero attached hydrogens (tertiary/aromatic N) is 3. The highest BCUT2D eigenvalue weighted by molar-refractivity contribution is 7.84. The average molecular weight is 322 g/mol. The summed E-state index contributed by atoms with van der Waals surface area (Å²) < 4.78 is 13.6. The van der Waals surface area contributed by atoms with Crippen molar-refractivity contribution >= 4 is 27.7 Å². The molecule has 22 heavy (non-hydrogen) atoms. The van der Waals surface area contributed by atoms with Gasteiger partial charge in [-0.15, -0.1) is 0 Å². The fourth-order valence-corrected chi connectivity index (χ4v) is 3.27. The topological polar surface area (TPSA) is 73.8 Å². The molecule has 2 rings (SSSR count). The number of nitrogens with two attached hydrogens (primary N) is 1. The molecule has 0 aromatic carbocycles. The van der Waals surface area contributed by atoms with Crippen molar-refractivity contribution < 1.29 is 4.21 Å². The van der Waals surface area contributed by atoms with Crippen molar-refractivity contribution in [3.63, 3.8) is 0 Å². The highest BCUT2D eigenvalue weighted by Crippen LogP contribution is 2.27. The molecule has 6 heteroatoms. The molecular formula is C16H26N4OS. The largest absolute Gasteiger partial charge is 0.382 e. The van der Waals surface area contributed by atoms with Gasteiger partial charge in [0.15, 0.2) is 5.82 Å². The maximum absolute atomic E-state index is 11.3. The highest BCUT2D eigenvalue weighted by Gasteiger charge is 2.17. The lowest BCUT2D eigenvalue weighted by molar-refractivity contribution is 0.629. The molecule has 2 N–H and O–H groups in total. The lowest BCUT2D eigenvalue weighted by atomic mass is 10.2. The zero-order valence-corrected chi connectivity index (χ0v) is 14.8. The standard InChI is InChI=1S/C16H26N4OS/c1-5-6-8-13-19-14-15(11(2)12(3)18-16(14)17)20(13)9-7-10-22(4)21/h5-10H2,1-4H3,(H2,17,18). The Morgan fingerprint density at radius 3 is 2.59 bits per heavy atom. The molecule has 0 fully saturated rings. The minimum absolute atomic E-state index is 0.508. The monoisotopic (exact) mass is 322 g/mol. The van der Waals surface area contributed by atoms with E-state index in [0.717, 1.165) is 60.3 Å². The van der Waals surface area contributed by atoms with E-state index in [0.29, 0.717) is 11.6 Å². The lowest BCUT2D eigenvalue weighted by Crippen LogP contribution is -2.08. The van der Waals surface area contributed by atoms with Gasteiger partial charge in [-0.25, -0.2) is 9.97 Å². The first-order valence-corrected chi connectivity index (χ1v) is 9.60. The quantitative estimate of drug-likeness (QED) is 0.850. The van der Waals surface area contributed by atoms with Crippen LogP contribution in [-0.2, 0) is 23.8 Å². The SMILES string of the molecule is CCCCc1nc2c(N)nc(C)c(C)c2n1CCCS(C)=O. The van der Waals surface area contributed by atoms with E-state index in [9.17, 15) is 4.21 Å². The van der Waals surface area contributed by atoms with Crippen molar-refractivity contribution in [2.24, 2.45) is 0 Å². The van der Waals surface area contributed by atoms with Gasteiger partial charge in [0.1, 0.15) is 11.3 Å². The molecule has 1 unspecified atom stereocenters. The van der Waals surface area contributed by atoms with E-state index in [1.54, 1.807) is 6.26 Å². The summed E-state index contributed by atoms with van der Waals surface area (Å²) in [7, 11) is -0.758. The number of imidazole rings is 1. The van der Waals surface area contributed by atoms with Gasteiger partial charge in [0.25, 0.3) is 0 Å². The molecule has 0 aliphatic carbocycles. The molecule has 0 bridgehead atoms. The summed E-state index contributed by atoms with van der Waals surface area (Å²) in [4.78, 5) is 9.15. The van der Waals surface area contributed by atoms with Crippen LogP contribution in [-0.4, -0.2) is 30.8 Å². The Hall–Kier alpha value is -1.43. The molecule has 2 heterocycles. The van der Waals surface area contributed by atoms with E-state index < -0.39 is 10.8 Å². The first kappa shape index (κ1) is 16.9. The second-order valence-electron chi connectivity index (χ2n) is 5.82. The molecule has 122 valence electrons. The molecule has 5 nitrogen and oxygen atoms in total. The van der Waals surface area contributed by atoms with Gasteiger partial charge in [0.2, 0.25) is 0 Å². The van der Waals surface area contributed by atoms with Crippen molar-refractivity contribution in [2.45, 2.75) is 53.0 Å². The summed E-state index contributed by atoms with van der Waals surface area (Å²) in [5.74, 6) is 2.29. The minimum atomic E-state index is -0.758. The van der Waals surface area contributed by atoms with Gasteiger partial charge < -0.3 is 10.3 Å². The molecule has 0 amide bonds. The molecular weight excluding hydrogens is 296 g/mol. The molecule has 0 spiro atoms. The van der Waals surface area contributed by atoms with Gasteiger partial charge in [0.05, 0.1) is 5.52 Å². The number of nitrogen functional groups attached to an aromatic ring is 1. The molecule has 0 saturated heterocycles. The molecule has 2 aromatic heterocycles. The molecule has 0 aliphatic rings. The molecule has 0 radical (unpaired) electrons. The van der Waals surface area contributed by atoms with E-state index in [1.807, 2.05) is 6.92 Å². The number of hydrogen-bond acceptors (Lipinski definition) is 4. The van der Waals surface area contributed by atoms with E-state index in [4.69, 9.17) is 10.7 Å². The Kier molecular flexibility index (Phi) is 5.56. The minimum Gasteiger partial charge on any atom is -0.382 e. The number of anilines is 1. The van der Waals surface area contributed by atoms with Crippen LogP contribution in [0.5, 0.6) is 0 Å². The normalized spacial score (nSPS) is 12.9. The highest BCUT2D eigenvalue weighted by atomic mass is 32.2. The Labute approximate surface area is 134 Å². The Morgan fingerprint density at radius 2 is 1.95 bits per heavy atom. The summed E-state index contributed by atoms with van der Waals surface area (Å²) >= 11 is 0. The number of aryl methyl sites for hydroxylation is 4. The van der Waals surface area contributed by atoms with Crippen molar-refractivity contribution in [3.8, 4) is 0 Å². The zero-order chi connectivity index (χ0) is 16.3. The van der Waals surface area contributed by atoms with Gasteiger partial charge in [-0.2, -0.15) is 0 Å². The first-order chi connectivity index (χ1) is 10.5. The van der Waals surface area contributed by atoms with Gasteiger partial charge in [-0.3, -0.25) is 4.21 Å². The van der Waals surface area contributed by atoms with Crippen molar-refractivity contribution in [1.29, 1.82) is 0 Å². The molecule has 0 saturated carbocycles. The second kappa shape index (κ2) is 7.22. The third kappa shape index (κ3) is 3.48. The van der Waals surface area contributed by atoms with Crippen LogP contribution < -0.4 is 5.73 Å². The number of pyridine rings is 1. The Bertz CT molecular complexity index is 693. The van der Waals surface area contributed by atoms with Crippen molar-refractivity contribution in [3.05, 3.63) is 17.1 Å². The van der Waals surface area contributed by atoms with Crippen LogP contribution >= 0.6 is 0 Å². The maximum atomic E-state index is 11.3. The number of unbranched alkanes of at least 4 members (excludes halogenated alkanes) is 1. The van der Waals surface area contributed by atoms with E-state index in [-0.39, 0.29) is 0 Å². The van der Waals surface area contributed by atoms with Crippen LogP contribution in [0, 0.1) is 13.8 Å². The third-order valence-corrected chi connectivity index (χ3v) is 4.91. The number of hydrogen-bond donors (Lipinski definition) is 1. The van der Waals surface area contributed by atoms with Gasteiger partial charge in [0, 0.05) is 41.5 Å². The summed E-state index contributed by atoms with van der Waals surface area (Å²) in [5, 5.41) is 0. The van der Waals surface area contributed by atoms with E-state index in [2.05, 4.69) is 23.4 Å². The zero-order valence-electron chi connectivity index (χ0n) is 14.0. The predicted molar refractivity (Wildman–Crippen MR) is 93.6 cm³/mol. The fourth-order valence-electron chi connectivity index (χ4n) is 2.74. The third-order valence-electron chi connectivity index (χ3n) is 4.04. The summed E-state index contributed by atoms with van der Waals surface area (Å²) in [6.45, 7) is 7.07. The van der Waals surface area contributed by atoms with Gasteiger partial charge in [-0.1, -0.05) is 13.3 Å². The summed E-state index contributed by atoms with van der Waals surface area (Å²) in [6.07, 6.45) is 5.82. The first-order valence-electron chi connectivity index (χ1n) is 7.87. The van der Waals surface area contributed by atoms with Gasteiger partial charge >= 0.3 is 0 Å². The number of aromatic nitrogens is 3. The smallest absolute Gasteiger partial charge is 0.151 e. The predicted octanol–water partition coefficient (Wildman–Crippen LogP) is 2.74. The van der Waals surface area contributed by atoms with Crippen LogP contribution in [0.2, 0.25) is 0 Å². The van der Waals surface area contributed by atoms with E-state index in [1.165, 1.54) is 0 Å². The summed E-state index contributed by atoms with van der Waals surface area (Å²) in [5.41, 5.74) is 10.1. The summed E-state index contributed by atoms with van der Waals surface area (Å²) in [6, 6.07) is 0. The van der Waals surface area contributed by atoms with Crippen LogP contribution in [0.4, 0.5) is 5.82 Å². The molecule has 0 aliphatic heterocycles. The van der Waals surface area contributed by atoms with Crippen LogP contribution in [0.15, 0.2) is 0 Å². The Balaban J connectivity index is 2.49. The second-order valence-corrected chi connectivity index (χ2v) is 7.37. The van der Waals surface area contributed by atoms with Crippen LogP contribution in [0.1, 0.15) is 43.3 Å². The van der Waals surface area contributed by atoms with Crippen molar-refractivity contribution in [2.75, 3.05) is 17.7 Å².